The Kier molecular flexibility index (Phi) is 5.02. The molecule has 2 rings (SSSR count). The average Bonchev–Trinajstić information content (AvgIpc) is 2.53. The number of rotatable bonds is 6. The molecule has 122 valence electrons. The zero-order valence-corrected chi connectivity index (χ0v) is 13.3. The fraction of sp³-hybridized carbons (Fsp3) is 0.188. The van der Waals surface area contributed by atoms with Crippen molar-refractivity contribution < 1.29 is 23.1 Å². The highest BCUT2D eigenvalue weighted by Crippen LogP contribution is 2.23. The Hall–Kier alpha value is -2.38. The van der Waals surface area contributed by atoms with Crippen LogP contribution in [0.2, 0.25) is 0 Å². The van der Waals surface area contributed by atoms with Crippen molar-refractivity contribution in [2.24, 2.45) is 5.73 Å². The first-order valence-corrected chi connectivity index (χ1v) is 8.36. The molecule has 0 fully saturated rings. The van der Waals surface area contributed by atoms with Gasteiger partial charge in [0, 0.05) is 6.04 Å². The van der Waals surface area contributed by atoms with Gasteiger partial charge in [0.1, 0.15) is 12.4 Å². The molecule has 7 heteroatoms. The number of ether oxygens (including phenoxy) is 1. The highest BCUT2D eigenvalue weighted by atomic mass is 32.2. The SMILES string of the molecule is C[C@@H](N)COc1ccc(S(=O)(=O)c2ccc(C(=O)O)cc2)cc1. The minimum absolute atomic E-state index is 0.0311. The summed E-state index contributed by atoms with van der Waals surface area (Å²) in [4.78, 5) is 10.9. The highest BCUT2D eigenvalue weighted by Gasteiger charge is 2.18. The van der Waals surface area contributed by atoms with E-state index in [0.717, 1.165) is 0 Å². The van der Waals surface area contributed by atoms with Crippen LogP contribution in [0.5, 0.6) is 5.75 Å². The van der Waals surface area contributed by atoms with Crippen molar-refractivity contribution in [3.63, 3.8) is 0 Å². The fourth-order valence-corrected chi connectivity index (χ4v) is 3.12. The van der Waals surface area contributed by atoms with Crippen molar-refractivity contribution in [2.45, 2.75) is 22.8 Å². The van der Waals surface area contributed by atoms with Crippen molar-refractivity contribution >= 4 is 15.8 Å². The quantitative estimate of drug-likeness (QED) is 0.835. The minimum atomic E-state index is -3.70. The van der Waals surface area contributed by atoms with E-state index < -0.39 is 15.8 Å². The summed E-state index contributed by atoms with van der Waals surface area (Å²) in [5.41, 5.74) is 5.62. The Morgan fingerprint density at radius 3 is 2.00 bits per heavy atom. The lowest BCUT2D eigenvalue weighted by Crippen LogP contribution is -2.23. The molecule has 0 heterocycles. The third-order valence-electron chi connectivity index (χ3n) is 3.06. The molecule has 6 nitrogen and oxygen atoms in total. The van der Waals surface area contributed by atoms with Gasteiger partial charge in [0.2, 0.25) is 9.84 Å². The number of carbonyl (C=O) groups is 1. The van der Waals surface area contributed by atoms with Crippen LogP contribution in [-0.2, 0) is 9.84 Å². The van der Waals surface area contributed by atoms with E-state index in [0.29, 0.717) is 12.4 Å². The smallest absolute Gasteiger partial charge is 0.335 e. The van der Waals surface area contributed by atoms with Crippen LogP contribution in [-0.4, -0.2) is 32.1 Å². The standard InChI is InChI=1S/C16H17NO5S/c1-11(17)10-22-13-4-8-15(9-5-13)23(20,21)14-6-2-12(3-7-14)16(18)19/h2-9,11H,10,17H2,1H3,(H,18,19)/t11-/m1/s1. The maximum absolute atomic E-state index is 12.5. The summed E-state index contributed by atoms with van der Waals surface area (Å²) in [6.45, 7) is 2.14. The van der Waals surface area contributed by atoms with E-state index in [2.05, 4.69) is 0 Å². The molecule has 0 spiro atoms. The van der Waals surface area contributed by atoms with Crippen LogP contribution in [0.1, 0.15) is 17.3 Å². The zero-order chi connectivity index (χ0) is 17.0. The zero-order valence-electron chi connectivity index (χ0n) is 12.5. The van der Waals surface area contributed by atoms with Crippen LogP contribution < -0.4 is 10.5 Å². The normalized spacial score (nSPS) is 12.6. The molecule has 0 amide bonds. The number of hydrogen-bond acceptors (Lipinski definition) is 5. The number of sulfone groups is 1. The molecular formula is C16H17NO5S. The molecule has 2 aromatic rings. The van der Waals surface area contributed by atoms with E-state index >= 15 is 0 Å². The molecule has 0 aliphatic heterocycles. The van der Waals surface area contributed by atoms with Crippen molar-refractivity contribution in [3.8, 4) is 5.75 Å². The van der Waals surface area contributed by atoms with E-state index in [1.165, 1.54) is 36.4 Å². The average molecular weight is 335 g/mol. The van der Waals surface area contributed by atoms with Crippen LogP contribution >= 0.6 is 0 Å². The molecule has 1 atom stereocenters. The highest BCUT2D eigenvalue weighted by molar-refractivity contribution is 7.91. The molecule has 2 aromatic carbocycles. The van der Waals surface area contributed by atoms with Gasteiger partial charge in [-0.3, -0.25) is 0 Å². The fourth-order valence-electron chi connectivity index (χ4n) is 1.86. The van der Waals surface area contributed by atoms with Gasteiger partial charge < -0.3 is 15.6 Å². The van der Waals surface area contributed by atoms with E-state index in [9.17, 15) is 13.2 Å². The van der Waals surface area contributed by atoms with Crippen LogP contribution in [0.4, 0.5) is 0 Å². The summed E-state index contributed by atoms with van der Waals surface area (Å²) in [7, 11) is -3.70. The number of nitrogens with two attached hydrogens (primary N) is 1. The lowest BCUT2D eigenvalue weighted by atomic mass is 10.2. The molecule has 0 bridgehead atoms. The van der Waals surface area contributed by atoms with Gasteiger partial charge in [0.05, 0.1) is 15.4 Å². The number of hydrogen-bond donors (Lipinski definition) is 2. The molecule has 0 saturated carbocycles. The lowest BCUT2D eigenvalue weighted by Gasteiger charge is -2.10. The Labute approximate surface area is 134 Å². The van der Waals surface area contributed by atoms with E-state index in [1.807, 2.05) is 0 Å². The summed E-state index contributed by atoms with van der Waals surface area (Å²) in [5, 5.41) is 8.84. The van der Waals surface area contributed by atoms with Gasteiger partial charge in [-0.25, -0.2) is 13.2 Å². The maximum Gasteiger partial charge on any atom is 0.335 e. The number of carboxylic acid groups (broad SMARTS) is 1. The first-order valence-electron chi connectivity index (χ1n) is 6.87. The first kappa shape index (κ1) is 17.0. The van der Waals surface area contributed by atoms with Gasteiger partial charge in [0.25, 0.3) is 0 Å². The molecule has 23 heavy (non-hydrogen) atoms. The van der Waals surface area contributed by atoms with Gasteiger partial charge >= 0.3 is 5.97 Å². The van der Waals surface area contributed by atoms with Gasteiger partial charge in [-0.2, -0.15) is 0 Å². The molecule has 0 unspecified atom stereocenters. The maximum atomic E-state index is 12.5. The van der Waals surface area contributed by atoms with E-state index in [4.69, 9.17) is 15.6 Å². The minimum Gasteiger partial charge on any atom is -0.492 e. The van der Waals surface area contributed by atoms with Crippen LogP contribution in [0.15, 0.2) is 58.3 Å². The van der Waals surface area contributed by atoms with Gasteiger partial charge in [0.15, 0.2) is 0 Å². The molecule has 0 aromatic heterocycles. The lowest BCUT2D eigenvalue weighted by molar-refractivity contribution is 0.0696. The van der Waals surface area contributed by atoms with Gasteiger partial charge in [-0.1, -0.05) is 0 Å². The molecule has 0 aliphatic carbocycles. The van der Waals surface area contributed by atoms with Crippen LogP contribution in [0, 0.1) is 0 Å². The van der Waals surface area contributed by atoms with Crippen molar-refractivity contribution in [3.05, 3.63) is 54.1 Å². The number of carboxylic acids is 1. The second kappa shape index (κ2) is 6.80. The van der Waals surface area contributed by atoms with Crippen LogP contribution in [0.25, 0.3) is 0 Å². The van der Waals surface area contributed by atoms with Gasteiger partial charge in [-0.15, -0.1) is 0 Å². The Balaban J connectivity index is 2.23. The van der Waals surface area contributed by atoms with Crippen molar-refractivity contribution in [1.82, 2.24) is 0 Å². The third-order valence-corrected chi connectivity index (χ3v) is 4.84. The third kappa shape index (κ3) is 4.08. The van der Waals surface area contributed by atoms with Crippen molar-refractivity contribution in [1.29, 1.82) is 0 Å². The molecule has 0 radical (unpaired) electrons. The number of aromatic carboxylic acids is 1. The molecule has 0 saturated heterocycles. The molecule has 3 N–H and O–H groups in total. The summed E-state index contributed by atoms with van der Waals surface area (Å²) in [6, 6.07) is 10.9. The Morgan fingerprint density at radius 1 is 1.09 bits per heavy atom. The summed E-state index contributed by atoms with van der Waals surface area (Å²) in [5.74, 6) is -0.577. The molecule has 0 aliphatic rings. The second-order valence-corrected chi connectivity index (χ2v) is 7.04. The summed E-state index contributed by atoms with van der Waals surface area (Å²) in [6.07, 6.45) is 0. The van der Waals surface area contributed by atoms with Gasteiger partial charge in [-0.05, 0) is 55.5 Å². The summed E-state index contributed by atoms with van der Waals surface area (Å²) < 4.78 is 30.4. The Bertz CT molecular complexity index is 780. The van der Waals surface area contributed by atoms with Crippen molar-refractivity contribution in [2.75, 3.05) is 6.61 Å². The predicted octanol–water partition coefficient (Wildman–Crippen LogP) is 1.94. The monoisotopic (exact) mass is 335 g/mol. The van der Waals surface area contributed by atoms with Crippen LogP contribution in [0.3, 0.4) is 0 Å². The molecular weight excluding hydrogens is 318 g/mol. The summed E-state index contributed by atoms with van der Waals surface area (Å²) >= 11 is 0. The largest absolute Gasteiger partial charge is 0.492 e. The Morgan fingerprint density at radius 2 is 1.57 bits per heavy atom. The second-order valence-electron chi connectivity index (χ2n) is 5.09. The van der Waals surface area contributed by atoms with E-state index in [1.54, 1.807) is 19.1 Å². The predicted molar refractivity (Wildman–Crippen MR) is 84.4 cm³/mol. The van der Waals surface area contributed by atoms with E-state index in [-0.39, 0.29) is 21.4 Å². The topological polar surface area (TPSA) is 107 Å². The number of benzene rings is 2. The first-order chi connectivity index (χ1) is 10.8.